The van der Waals surface area contributed by atoms with Gasteiger partial charge in [-0.1, -0.05) is 12.1 Å². The van der Waals surface area contributed by atoms with E-state index in [4.69, 9.17) is 5.11 Å². The number of para-hydroxylation sites is 1. The third-order valence-electron chi connectivity index (χ3n) is 3.74. The summed E-state index contributed by atoms with van der Waals surface area (Å²) in [5.41, 5.74) is 0.887. The van der Waals surface area contributed by atoms with Crippen molar-refractivity contribution < 1.29 is 15.0 Å². The van der Waals surface area contributed by atoms with Gasteiger partial charge in [0.2, 0.25) is 0 Å². The van der Waals surface area contributed by atoms with Crippen LogP contribution in [0.5, 0.6) is 0 Å². The summed E-state index contributed by atoms with van der Waals surface area (Å²) in [6.45, 7) is 0.935. The Kier molecular flexibility index (Phi) is 3.58. The molecule has 2 aromatic rings. The van der Waals surface area contributed by atoms with Gasteiger partial charge in [-0.3, -0.25) is 0 Å². The quantitative estimate of drug-likeness (QED) is 0.892. The van der Waals surface area contributed by atoms with E-state index in [1.165, 1.54) is 16.2 Å². The first-order valence-electron chi connectivity index (χ1n) is 6.66. The van der Waals surface area contributed by atoms with E-state index < -0.39 is 12.2 Å². The highest BCUT2D eigenvalue weighted by Gasteiger charge is 2.30. The molecule has 2 N–H and O–H groups in total. The molecule has 0 spiro atoms. The number of nitrogens with zero attached hydrogens (tertiary/aromatic N) is 2. The van der Waals surface area contributed by atoms with E-state index in [2.05, 4.69) is 4.98 Å². The zero-order chi connectivity index (χ0) is 14.1. The molecule has 1 amide bonds. The number of amides is 1. The molecule has 1 aliphatic heterocycles. The topological polar surface area (TPSA) is 73.7 Å². The number of piperidine rings is 1. The Hall–Kier alpha value is -1.66. The van der Waals surface area contributed by atoms with Crippen molar-refractivity contribution >= 4 is 27.6 Å². The molecule has 0 bridgehead atoms. The normalized spacial score (nSPS) is 21.1. The molecule has 6 heteroatoms. The zero-order valence-electron chi connectivity index (χ0n) is 10.9. The Balaban J connectivity index is 1.80. The monoisotopic (exact) mass is 292 g/mol. The van der Waals surface area contributed by atoms with Gasteiger partial charge in [-0.2, -0.15) is 0 Å². The third-order valence-corrected chi connectivity index (χ3v) is 4.85. The SMILES string of the molecule is O=C(O)N1CCCC(C(O)c2nc3ccccc3s2)C1. The lowest BCUT2D eigenvalue weighted by Crippen LogP contribution is -2.40. The number of aliphatic hydroxyl groups excluding tert-OH is 1. The van der Waals surface area contributed by atoms with Crippen LogP contribution in [0.2, 0.25) is 0 Å². The van der Waals surface area contributed by atoms with Gasteiger partial charge in [0.15, 0.2) is 0 Å². The number of thiazole rings is 1. The molecular weight excluding hydrogens is 276 g/mol. The summed E-state index contributed by atoms with van der Waals surface area (Å²) in [6.07, 6.45) is 0.0283. The average molecular weight is 292 g/mol. The maximum atomic E-state index is 11.0. The van der Waals surface area contributed by atoms with Crippen molar-refractivity contribution in [3.05, 3.63) is 29.3 Å². The van der Waals surface area contributed by atoms with Crippen LogP contribution in [-0.4, -0.2) is 39.3 Å². The van der Waals surface area contributed by atoms with Gasteiger partial charge in [0.05, 0.1) is 10.2 Å². The number of carbonyl (C=O) groups is 1. The summed E-state index contributed by atoms with van der Waals surface area (Å²) in [5, 5.41) is 20.2. The Morgan fingerprint density at radius 2 is 2.25 bits per heavy atom. The van der Waals surface area contributed by atoms with Gasteiger partial charge in [-0.05, 0) is 25.0 Å². The number of carboxylic acid groups (broad SMARTS) is 1. The van der Waals surface area contributed by atoms with Crippen LogP contribution in [0.3, 0.4) is 0 Å². The van der Waals surface area contributed by atoms with Crippen molar-refractivity contribution in [3.8, 4) is 0 Å². The number of aromatic nitrogens is 1. The van der Waals surface area contributed by atoms with Crippen LogP contribution in [-0.2, 0) is 0 Å². The van der Waals surface area contributed by atoms with Crippen molar-refractivity contribution in [2.24, 2.45) is 5.92 Å². The van der Waals surface area contributed by atoms with Crippen molar-refractivity contribution in [2.45, 2.75) is 18.9 Å². The first-order valence-corrected chi connectivity index (χ1v) is 7.48. The van der Waals surface area contributed by atoms with Crippen LogP contribution in [0.15, 0.2) is 24.3 Å². The van der Waals surface area contributed by atoms with Crippen LogP contribution < -0.4 is 0 Å². The van der Waals surface area contributed by atoms with Crippen molar-refractivity contribution in [1.82, 2.24) is 9.88 Å². The summed E-state index contributed by atoms with van der Waals surface area (Å²) in [4.78, 5) is 16.9. The van der Waals surface area contributed by atoms with Gasteiger partial charge < -0.3 is 15.1 Å². The van der Waals surface area contributed by atoms with Crippen LogP contribution in [0, 0.1) is 5.92 Å². The number of hydrogen-bond acceptors (Lipinski definition) is 4. The van der Waals surface area contributed by atoms with Gasteiger partial charge in [0.25, 0.3) is 0 Å². The predicted octanol–water partition coefficient (Wildman–Crippen LogP) is 2.72. The van der Waals surface area contributed by atoms with Crippen molar-refractivity contribution in [1.29, 1.82) is 0 Å². The first-order chi connectivity index (χ1) is 9.65. The number of benzene rings is 1. The number of likely N-dealkylation sites (tertiary alicyclic amines) is 1. The molecule has 1 saturated heterocycles. The smallest absolute Gasteiger partial charge is 0.407 e. The lowest BCUT2D eigenvalue weighted by molar-refractivity contribution is 0.0503. The summed E-state index contributed by atoms with van der Waals surface area (Å²) < 4.78 is 1.05. The molecule has 0 radical (unpaired) electrons. The minimum atomic E-state index is -0.911. The Morgan fingerprint density at radius 3 is 3.00 bits per heavy atom. The van der Waals surface area contributed by atoms with Gasteiger partial charge in [0, 0.05) is 19.0 Å². The number of hydrogen-bond donors (Lipinski definition) is 2. The second-order valence-corrected chi connectivity index (χ2v) is 6.16. The standard InChI is InChI=1S/C14H16N2O3S/c17-12(9-4-3-7-16(8-9)14(18)19)13-15-10-5-1-2-6-11(10)20-13/h1-2,5-6,9,12,17H,3-4,7-8H2,(H,18,19). The van der Waals surface area contributed by atoms with Gasteiger partial charge in [-0.15, -0.1) is 11.3 Å². The summed E-state index contributed by atoms with van der Waals surface area (Å²) in [5.74, 6) is -0.0691. The fourth-order valence-corrected chi connectivity index (χ4v) is 3.71. The molecule has 20 heavy (non-hydrogen) atoms. The molecule has 1 fully saturated rings. The Bertz CT molecular complexity index is 595. The number of rotatable bonds is 2. The van der Waals surface area contributed by atoms with Gasteiger partial charge >= 0.3 is 6.09 Å². The van der Waals surface area contributed by atoms with Crippen LogP contribution in [0.4, 0.5) is 4.79 Å². The molecule has 1 aliphatic rings. The van der Waals surface area contributed by atoms with Crippen LogP contribution >= 0.6 is 11.3 Å². The maximum Gasteiger partial charge on any atom is 0.407 e. The van der Waals surface area contributed by atoms with E-state index in [0.717, 1.165) is 23.1 Å². The summed E-state index contributed by atoms with van der Waals surface area (Å²) >= 11 is 1.48. The van der Waals surface area contributed by atoms with E-state index in [1.807, 2.05) is 24.3 Å². The van der Waals surface area contributed by atoms with Gasteiger partial charge in [0.1, 0.15) is 11.1 Å². The second kappa shape index (κ2) is 5.38. The molecular formula is C14H16N2O3S. The van der Waals surface area contributed by atoms with E-state index in [-0.39, 0.29) is 5.92 Å². The number of fused-ring (bicyclic) bond motifs is 1. The fourth-order valence-electron chi connectivity index (χ4n) is 2.66. The van der Waals surface area contributed by atoms with Crippen molar-refractivity contribution in [3.63, 3.8) is 0 Å². The molecule has 3 rings (SSSR count). The Morgan fingerprint density at radius 1 is 1.45 bits per heavy atom. The third kappa shape index (κ3) is 2.48. The molecule has 1 aromatic carbocycles. The molecule has 0 aliphatic carbocycles. The highest BCUT2D eigenvalue weighted by molar-refractivity contribution is 7.18. The lowest BCUT2D eigenvalue weighted by Gasteiger charge is -2.32. The molecule has 2 heterocycles. The largest absolute Gasteiger partial charge is 0.465 e. The maximum absolute atomic E-state index is 11.0. The molecule has 2 unspecified atom stereocenters. The molecule has 106 valence electrons. The molecule has 1 aromatic heterocycles. The fraction of sp³-hybridized carbons (Fsp3) is 0.429. The van der Waals surface area contributed by atoms with E-state index in [9.17, 15) is 9.90 Å². The van der Waals surface area contributed by atoms with Crippen molar-refractivity contribution in [2.75, 3.05) is 13.1 Å². The average Bonchev–Trinajstić information content (AvgIpc) is 2.90. The highest BCUT2D eigenvalue weighted by atomic mass is 32.1. The second-order valence-electron chi connectivity index (χ2n) is 5.10. The van der Waals surface area contributed by atoms with Crippen LogP contribution in [0.1, 0.15) is 24.0 Å². The van der Waals surface area contributed by atoms with Gasteiger partial charge in [-0.25, -0.2) is 9.78 Å². The minimum absolute atomic E-state index is 0.0691. The molecule has 2 atom stereocenters. The molecule has 5 nitrogen and oxygen atoms in total. The van der Waals surface area contributed by atoms with E-state index in [1.54, 1.807) is 0 Å². The zero-order valence-corrected chi connectivity index (χ0v) is 11.7. The summed E-state index contributed by atoms with van der Waals surface area (Å²) in [7, 11) is 0. The van der Waals surface area contributed by atoms with E-state index >= 15 is 0 Å². The minimum Gasteiger partial charge on any atom is -0.465 e. The lowest BCUT2D eigenvalue weighted by atomic mass is 9.93. The highest BCUT2D eigenvalue weighted by Crippen LogP contribution is 2.34. The molecule has 0 saturated carbocycles. The first kappa shape index (κ1) is 13.3. The summed E-state index contributed by atoms with van der Waals surface area (Å²) in [6, 6.07) is 7.77. The van der Waals surface area contributed by atoms with Crippen LogP contribution in [0.25, 0.3) is 10.2 Å². The Labute approximate surface area is 120 Å². The van der Waals surface area contributed by atoms with E-state index in [0.29, 0.717) is 18.1 Å². The number of aliphatic hydroxyl groups is 1. The predicted molar refractivity (Wildman–Crippen MR) is 76.9 cm³/mol.